The Morgan fingerprint density at radius 2 is 2.05 bits per heavy atom. The number of nitrogens with zero attached hydrogens (tertiary/aromatic N) is 4. The van der Waals surface area contributed by atoms with E-state index in [-0.39, 0.29) is 22.9 Å². The van der Waals surface area contributed by atoms with Crippen LogP contribution in [0, 0.1) is 0 Å². The van der Waals surface area contributed by atoms with Crippen LogP contribution in [0.5, 0.6) is 0 Å². The normalized spacial score (nSPS) is 11.4. The first kappa shape index (κ1) is 11.8. The summed E-state index contributed by atoms with van der Waals surface area (Å²) in [5.41, 5.74) is 12.9. The molecule has 2 aromatic heterocycles. The minimum absolute atomic E-state index is 0.169. The summed E-state index contributed by atoms with van der Waals surface area (Å²) in [5, 5.41) is 14.1. The Hall–Kier alpha value is -3.23. The van der Waals surface area contributed by atoms with Gasteiger partial charge in [0.1, 0.15) is 5.82 Å². The van der Waals surface area contributed by atoms with Crippen LogP contribution in [0.2, 0.25) is 0 Å². The molecule has 100 valence electrons. The number of aromatic nitrogens is 4. The predicted octanol–water partition coefficient (Wildman–Crippen LogP) is 1.23. The second-order valence-electron chi connectivity index (χ2n) is 4.02. The highest BCUT2D eigenvalue weighted by Gasteiger charge is 2.06. The number of azo groups is 1. The summed E-state index contributed by atoms with van der Waals surface area (Å²) in [6, 6.07) is 5.09. The molecule has 0 aliphatic heterocycles. The topological polar surface area (TPSA) is 151 Å². The lowest BCUT2D eigenvalue weighted by atomic mass is 10.3. The van der Waals surface area contributed by atoms with Crippen LogP contribution in [0.3, 0.4) is 0 Å². The van der Waals surface area contributed by atoms with Gasteiger partial charge in [-0.15, -0.1) is 5.11 Å². The lowest BCUT2D eigenvalue weighted by Gasteiger charge is -1.97. The highest BCUT2D eigenvalue weighted by molar-refractivity contribution is 5.77. The summed E-state index contributed by atoms with van der Waals surface area (Å²) in [7, 11) is 0. The summed E-state index contributed by atoms with van der Waals surface area (Å²) >= 11 is 0. The largest absolute Gasteiger partial charge is 0.382 e. The van der Waals surface area contributed by atoms with Crippen molar-refractivity contribution in [2.45, 2.75) is 0 Å². The zero-order chi connectivity index (χ0) is 14.1. The summed E-state index contributed by atoms with van der Waals surface area (Å²) in [6.45, 7) is 0. The number of hydrogen-bond acceptors (Lipinski definition) is 7. The molecule has 0 amide bonds. The number of hydrogen-bond donors (Lipinski definition) is 4. The van der Waals surface area contributed by atoms with Gasteiger partial charge in [-0.2, -0.15) is 10.2 Å². The van der Waals surface area contributed by atoms with Crippen molar-refractivity contribution in [1.82, 2.24) is 20.2 Å². The second kappa shape index (κ2) is 4.46. The first-order valence-corrected chi connectivity index (χ1v) is 5.63. The highest BCUT2D eigenvalue weighted by Crippen LogP contribution is 2.28. The number of nitrogens with one attached hydrogen (secondary N) is 2. The van der Waals surface area contributed by atoms with Crippen molar-refractivity contribution >= 4 is 34.0 Å². The van der Waals surface area contributed by atoms with E-state index in [1.54, 1.807) is 18.2 Å². The van der Waals surface area contributed by atoms with E-state index in [9.17, 15) is 4.79 Å². The standard InChI is InChI=1S/C11H10N8O/c12-10-9(11(13)19-18-10)17-16-5-1-2-6-7(3-5)15-8(20)4-14-6/h1-4H,(H,15,20)(H5,12,13,18,19)/b17-16+. The fourth-order valence-corrected chi connectivity index (χ4v) is 1.67. The number of fused-ring (bicyclic) bond motifs is 1. The second-order valence-corrected chi connectivity index (χ2v) is 4.02. The average Bonchev–Trinajstić information content (AvgIpc) is 2.75. The molecule has 1 aromatic carbocycles. The summed E-state index contributed by atoms with van der Waals surface area (Å²) in [4.78, 5) is 17.9. The van der Waals surface area contributed by atoms with Crippen molar-refractivity contribution in [1.29, 1.82) is 0 Å². The fourth-order valence-electron chi connectivity index (χ4n) is 1.67. The fraction of sp³-hybridized carbons (Fsp3) is 0. The van der Waals surface area contributed by atoms with Crippen molar-refractivity contribution in [3.63, 3.8) is 0 Å². The molecule has 2 heterocycles. The van der Waals surface area contributed by atoms with Gasteiger partial charge in [-0.1, -0.05) is 0 Å². The molecular formula is C11H10N8O. The van der Waals surface area contributed by atoms with Crippen molar-refractivity contribution in [3.05, 3.63) is 34.7 Å². The maximum Gasteiger partial charge on any atom is 0.266 e. The van der Waals surface area contributed by atoms with Gasteiger partial charge < -0.3 is 16.5 Å². The van der Waals surface area contributed by atoms with Crippen LogP contribution in [0.1, 0.15) is 0 Å². The van der Waals surface area contributed by atoms with E-state index < -0.39 is 0 Å². The Balaban J connectivity index is 2.01. The van der Waals surface area contributed by atoms with Gasteiger partial charge in [0.05, 0.1) is 22.9 Å². The van der Waals surface area contributed by atoms with Gasteiger partial charge in [0.2, 0.25) is 0 Å². The van der Waals surface area contributed by atoms with Gasteiger partial charge in [0.25, 0.3) is 5.56 Å². The van der Waals surface area contributed by atoms with E-state index in [0.717, 1.165) is 0 Å². The molecule has 0 radical (unpaired) electrons. The Kier molecular flexibility index (Phi) is 2.64. The lowest BCUT2D eigenvalue weighted by molar-refractivity contribution is 1.11. The van der Waals surface area contributed by atoms with E-state index >= 15 is 0 Å². The van der Waals surface area contributed by atoms with Crippen molar-refractivity contribution in [2.75, 3.05) is 11.5 Å². The Bertz CT molecular complexity index is 843. The number of benzene rings is 1. The third-order valence-corrected chi connectivity index (χ3v) is 2.62. The molecule has 0 aliphatic rings. The third-order valence-electron chi connectivity index (χ3n) is 2.62. The predicted molar refractivity (Wildman–Crippen MR) is 74.0 cm³/mol. The molecule has 9 nitrogen and oxygen atoms in total. The van der Waals surface area contributed by atoms with E-state index in [2.05, 4.69) is 30.4 Å². The first-order valence-electron chi connectivity index (χ1n) is 5.63. The van der Waals surface area contributed by atoms with Crippen LogP contribution in [0.4, 0.5) is 23.0 Å². The van der Waals surface area contributed by atoms with Crippen LogP contribution in [0.15, 0.2) is 39.4 Å². The lowest BCUT2D eigenvalue weighted by Crippen LogP contribution is -2.04. The van der Waals surface area contributed by atoms with Crippen molar-refractivity contribution < 1.29 is 0 Å². The monoisotopic (exact) mass is 270 g/mol. The van der Waals surface area contributed by atoms with Crippen LogP contribution < -0.4 is 17.0 Å². The van der Waals surface area contributed by atoms with Crippen LogP contribution >= 0.6 is 0 Å². The number of anilines is 2. The maximum absolute atomic E-state index is 11.2. The van der Waals surface area contributed by atoms with Gasteiger partial charge in [-0.05, 0) is 18.2 Å². The Morgan fingerprint density at radius 1 is 1.20 bits per heavy atom. The molecule has 0 saturated carbocycles. The number of aromatic amines is 2. The van der Waals surface area contributed by atoms with E-state index in [0.29, 0.717) is 16.7 Å². The Labute approximate surface area is 111 Å². The van der Waals surface area contributed by atoms with E-state index in [4.69, 9.17) is 11.5 Å². The molecule has 20 heavy (non-hydrogen) atoms. The molecule has 9 heteroatoms. The molecule has 6 N–H and O–H groups in total. The van der Waals surface area contributed by atoms with E-state index in [1.807, 2.05) is 0 Å². The minimum Gasteiger partial charge on any atom is -0.382 e. The highest BCUT2D eigenvalue weighted by atomic mass is 16.1. The summed E-state index contributed by atoms with van der Waals surface area (Å²) in [6.07, 6.45) is 1.22. The van der Waals surface area contributed by atoms with Crippen LogP contribution in [0.25, 0.3) is 11.0 Å². The van der Waals surface area contributed by atoms with Gasteiger partial charge in [0, 0.05) is 0 Å². The van der Waals surface area contributed by atoms with Gasteiger partial charge in [-0.3, -0.25) is 9.89 Å². The van der Waals surface area contributed by atoms with Gasteiger partial charge in [-0.25, -0.2) is 4.98 Å². The molecule has 0 spiro atoms. The average molecular weight is 270 g/mol. The molecule has 0 saturated heterocycles. The maximum atomic E-state index is 11.2. The summed E-state index contributed by atoms with van der Waals surface area (Å²) < 4.78 is 0. The molecular weight excluding hydrogens is 260 g/mol. The number of rotatable bonds is 2. The van der Waals surface area contributed by atoms with Crippen LogP contribution in [-0.4, -0.2) is 20.2 Å². The number of H-pyrrole nitrogens is 2. The summed E-state index contributed by atoms with van der Waals surface area (Å²) in [5.74, 6) is 0.407. The zero-order valence-electron chi connectivity index (χ0n) is 10.2. The van der Waals surface area contributed by atoms with Gasteiger partial charge >= 0.3 is 0 Å². The molecule has 0 fully saturated rings. The van der Waals surface area contributed by atoms with Crippen molar-refractivity contribution in [3.8, 4) is 0 Å². The van der Waals surface area contributed by atoms with Gasteiger partial charge in [0.15, 0.2) is 11.5 Å². The SMILES string of the molecule is Nc1n[nH]c(N)c1/N=N/c1ccc2ncc(=O)[nH]c2c1. The molecule has 3 rings (SSSR count). The Morgan fingerprint density at radius 3 is 2.80 bits per heavy atom. The molecule has 3 aromatic rings. The zero-order valence-corrected chi connectivity index (χ0v) is 10.2. The third kappa shape index (κ3) is 2.07. The molecule has 0 unspecified atom stereocenters. The quantitative estimate of drug-likeness (QED) is 0.516. The molecule has 0 aliphatic carbocycles. The molecule has 0 bridgehead atoms. The van der Waals surface area contributed by atoms with Crippen molar-refractivity contribution in [2.24, 2.45) is 10.2 Å². The first-order chi connectivity index (χ1) is 9.63. The van der Waals surface area contributed by atoms with E-state index in [1.165, 1.54) is 6.20 Å². The number of nitrogen functional groups attached to an aromatic ring is 2. The smallest absolute Gasteiger partial charge is 0.266 e. The minimum atomic E-state index is -0.282. The van der Waals surface area contributed by atoms with Crippen LogP contribution in [-0.2, 0) is 0 Å². The molecule has 0 atom stereocenters. The number of nitrogens with two attached hydrogens (primary N) is 2.